The first-order valence-corrected chi connectivity index (χ1v) is 4.87. The zero-order valence-electron chi connectivity index (χ0n) is 8.26. The number of carbonyl (C=O) groups is 1. The highest BCUT2D eigenvalue weighted by molar-refractivity contribution is 6.68. The van der Waals surface area contributed by atoms with E-state index in [-0.39, 0.29) is 12.4 Å². The van der Waals surface area contributed by atoms with Crippen molar-refractivity contribution in [3.05, 3.63) is 54.2 Å². The SMILES string of the molecule is Cl.O=C(Cl)c1ccccc1-c1ccccn1. The lowest BCUT2D eigenvalue weighted by Gasteiger charge is -2.04. The smallest absolute Gasteiger partial charge is 0.253 e. The number of aromatic nitrogens is 1. The summed E-state index contributed by atoms with van der Waals surface area (Å²) in [6.07, 6.45) is 1.69. The molecule has 2 nitrogen and oxygen atoms in total. The van der Waals surface area contributed by atoms with Crippen LogP contribution in [0.5, 0.6) is 0 Å². The van der Waals surface area contributed by atoms with Crippen molar-refractivity contribution in [2.24, 2.45) is 0 Å². The molecule has 0 aliphatic rings. The molecule has 2 aromatic rings. The van der Waals surface area contributed by atoms with Crippen molar-refractivity contribution < 1.29 is 4.79 Å². The van der Waals surface area contributed by atoms with E-state index in [9.17, 15) is 4.79 Å². The van der Waals surface area contributed by atoms with Gasteiger partial charge in [0.25, 0.3) is 5.24 Å². The van der Waals surface area contributed by atoms with Crippen molar-refractivity contribution >= 4 is 29.3 Å². The fourth-order valence-electron chi connectivity index (χ4n) is 1.40. The van der Waals surface area contributed by atoms with Gasteiger partial charge >= 0.3 is 0 Å². The monoisotopic (exact) mass is 253 g/mol. The zero-order valence-corrected chi connectivity index (χ0v) is 9.83. The van der Waals surface area contributed by atoms with E-state index in [0.717, 1.165) is 11.3 Å². The Balaban J connectivity index is 0.00000128. The summed E-state index contributed by atoms with van der Waals surface area (Å²) in [7, 11) is 0. The molecule has 0 radical (unpaired) electrons. The molecular weight excluding hydrogens is 245 g/mol. The number of hydrogen-bond donors (Lipinski definition) is 0. The number of pyridine rings is 1. The van der Waals surface area contributed by atoms with E-state index in [1.807, 2.05) is 30.3 Å². The average Bonchev–Trinajstić information content (AvgIpc) is 2.30. The van der Waals surface area contributed by atoms with Crippen LogP contribution in [0.4, 0.5) is 0 Å². The van der Waals surface area contributed by atoms with Gasteiger partial charge in [-0.05, 0) is 29.8 Å². The van der Waals surface area contributed by atoms with Crippen LogP contribution in [0.25, 0.3) is 11.3 Å². The maximum atomic E-state index is 11.2. The molecule has 1 aromatic carbocycles. The summed E-state index contributed by atoms with van der Waals surface area (Å²) in [5, 5.41) is -0.462. The molecule has 0 saturated carbocycles. The predicted octanol–water partition coefficient (Wildman–Crippen LogP) is 3.55. The third-order valence-electron chi connectivity index (χ3n) is 2.08. The quantitative estimate of drug-likeness (QED) is 0.767. The minimum absolute atomic E-state index is 0. The third-order valence-corrected chi connectivity index (χ3v) is 2.28. The summed E-state index contributed by atoms with van der Waals surface area (Å²) < 4.78 is 0. The second kappa shape index (κ2) is 5.64. The molecule has 2 rings (SSSR count). The van der Waals surface area contributed by atoms with E-state index in [0.29, 0.717) is 5.56 Å². The van der Waals surface area contributed by atoms with Crippen LogP contribution in [0.3, 0.4) is 0 Å². The molecule has 0 bridgehead atoms. The Hall–Kier alpha value is -1.38. The Morgan fingerprint density at radius 3 is 2.38 bits per heavy atom. The van der Waals surface area contributed by atoms with Crippen LogP contribution in [-0.4, -0.2) is 10.2 Å². The summed E-state index contributed by atoms with van der Waals surface area (Å²) in [6.45, 7) is 0. The van der Waals surface area contributed by atoms with Gasteiger partial charge in [-0.15, -0.1) is 12.4 Å². The first-order chi connectivity index (χ1) is 7.29. The summed E-state index contributed by atoms with van der Waals surface area (Å²) in [6, 6.07) is 12.7. The number of rotatable bonds is 2. The van der Waals surface area contributed by atoms with E-state index >= 15 is 0 Å². The van der Waals surface area contributed by atoms with Gasteiger partial charge in [0.05, 0.1) is 5.69 Å². The minimum atomic E-state index is -0.462. The summed E-state index contributed by atoms with van der Waals surface area (Å²) in [5.74, 6) is 0. The molecule has 0 spiro atoms. The molecule has 0 aliphatic carbocycles. The number of benzene rings is 1. The minimum Gasteiger partial charge on any atom is -0.276 e. The third kappa shape index (κ3) is 2.60. The van der Waals surface area contributed by atoms with Crippen LogP contribution < -0.4 is 0 Å². The lowest BCUT2D eigenvalue weighted by Crippen LogP contribution is -1.94. The number of nitrogens with zero attached hydrogens (tertiary/aromatic N) is 1. The summed E-state index contributed by atoms with van der Waals surface area (Å²) >= 11 is 5.49. The standard InChI is InChI=1S/C12H8ClNO.ClH/c13-12(15)10-6-2-1-5-9(10)11-7-3-4-8-14-11;/h1-8H;1H. The predicted molar refractivity (Wildman–Crippen MR) is 67.1 cm³/mol. The van der Waals surface area contributed by atoms with Crippen molar-refractivity contribution in [1.82, 2.24) is 4.98 Å². The Morgan fingerprint density at radius 1 is 1.06 bits per heavy atom. The number of halogens is 2. The molecule has 82 valence electrons. The van der Waals surface area contributed by atoms with Gasteiger partial charge in [-0.25, -0.2) is 0 Å². The van der Waals surface area contributed by atoms with Gasteiger partial charge in [-0.3, -0.25) is 9.78 Å². The van der Waals surface area contributed by atoms with Crippen LogP contribution in [-0.2, 0) is 0 Å². The molecule has 0 fully saturated rings. The van der Waals surface area contributed by atoms with Gasteiger partial charge in [0.15, 0.2) is 0 Å². The lowest BCUT2D eigenvalue weighted by atomic mass is 10.1. The Bertz CT molecular complexity index is 485. The molecule has 0 amide bonds. The first kappa shape index (κ1) is 12.7. The highest BCUT2D eigenvalue weighted by Crippen LogP contribution is 2.22. The van der Waals surface area contributed by atoms with Crippen LogP contribution in [0.15, 0.2) is 48.7 Å². The van der Waals surface area contributed by atoms with E-state index < -0.39 is 5.24 Å². The van der Waals surface area contributed by atoms with Crippen LogP contribution in [0.1, 0.15) is 10.4 Å². The molecule has 4 heteroatoms. The number of hydrogen-bond acceptors (Lipinski definition) is 2. The fourth-order valence-corrected chi connectivity index (χ4v) is 1.56. The van der Waals surface area contributed by atoms with E-state index in [1.165, 1.54) is 0 Å². The Labute approximate surface area is 105 Å². The molecule has 16 heavy (non-hydrogen) atoms. The second-order valence-electron chi connectivity index (χ2n) is 3.03. The normalized spacial score (nSPS) is 9.31. The fraction of sp³-hybridized carbons (Fsp3) is 0. The molecule has 0 N–H and O–H groups in total. The first-order valence-electron chi connectivity index (χ1n) is 4.49. The molecule has 0 unspecified atom stereocenters. The largest absolute Gasteiger partial charge is 0.276 e. The number of carbonyl (C=O) groups excluding carboxylic acids is 1. The highest BCUT2D eigenvalue weighted by Gasteiger charge is 2.09. The van der Waals surface area contributed by atoms with Gasteiger partial charge in [0, 0.05) is 17.3 Å². The van der Waals surface area contributed by atoms with Crippen molar-refractivity contribution in [2.75, 3.05) is 0 Å². The summed E-state index contributed by atoms with van der Waals surface area (Å²) in [4.78, 5) is 15.4. The lowest BCUT2D eigenvalue weighted by molar-refractivity contribution is 0.108. The van der Waals surface area contributed by atoms with E-state index in [4.69, 9.17) is 11.6 Å². The van der Waals surface area contributed by atoms with Crippen molar-refractivity contribution in [3.63, 3.8) is 0 Å². The van der Waals surface area contributed by atoms with Crippen molar-refractivity contribution in [2.45, 2.75) is 0 Å². The summed E-state index contributed by atoms with van der Waals surface area (Å²) in [5.41, 5.74) is 2.00. The van der Waals surface area contributed by atoms with Gasteiger partial charge < -0.3 is 0 Å². The maximum Gasteiger partial charge on any atom is 0.253 e. The highest BCUT2D eigenvalue weighted by atomic mass is 35.5. The maximum absolute atomic E-state index is 11.2. The Kier molecular flexibility index (Phi) is 4.47. The van der Waals surface area contributed by atoms with Crippen molar-refractivity contribution in [1.29, 1.82) is 0 Å². The molecule has 1 heterocycles. The van der Waals surface area contributed by atoms with Gasteiger partial charge in [-0.2, -0.15) is 0 Å². The van der Waals surface area contributed by atoms with Gasteiger partial charge in [-0.1, -0.05) is 24.3 Å². The molecule has 0 saturated heterocycles. The van der Waals surface area contributed by atoms with Crippen molar-refractivity contribution in [3.8, 4) is 11.3 Å². The van der Waals surface area contributed by atoms with Crippen LogP contribution >= 0.6 is 24.0 Å². The zero-order chi connectivity index (χ0) is 10.7. The molecule has 0 atom stereocenters. The Morgan fingerprint density at radius 2 is 1.75 bits per heavy atom. The van der Waals surface area contributed by atoms with Gasteiger partial charge in [0.2, 0.25) is 0 Å². The van der Waals surface area contributed by atoms with Crippen LogP contribution in [0, 0.1) is 0 Å². The molecular formula is C12H9Cl2NO. The average molecular weight is 254 g/mol. The topological polar surface area (TPSA) is 30.0 Å². The van der Waals surface area contributed by atoms with E-state index in [2.05, 4.69) is 4.98 Å². The van der Waals surface area contributed by atoms with E-state index in [1.54, 1.807) is 18.3 Å². The van der Waals surface area contributed by atoms with Gasteiger partial charge in [0.1, 0.15) is 0 Å². The second-order valence-corrected chi connectivity index (χ2v) is 3.38. The molecule has 0 aliphatic heterocycles. The van der Waals surface area contributed by atoms with Crippen LogP contribution in [0.2, 0.25) is 0 Å². The molecule has 1 aromatic heterocycles.